The van der Waals surface area contributed by atoms with Crippen LogP contribution in [-0.4, -0.2) is 21.7 Å². The molecule has 1 N–H and O–H groups in total. The van der Waals surface area contributed by atoms with Crippen LogP contribution < -0.4 is 4.74 Å². The Morgan fingerprint density at radius 1 is 1.22 bits per heavy atom. The minimum absolute atomic E-state index is 0. The summed E-state index contributed by atoms with van der Waals surface area (Å²) in [5.41, 5.74) is 4.02. The Morgan fingerprint density at radius 2 is 2.13 bits per heavy atom. The molecule has 2 aromatic heterocycles. The Morgan fingerprint density at radius 3 is 2.96 bits per heavy atom. The first-order chi connectivity index (χ1) is 10.4. The van der Waals surface area contributed by atoms with Gasteiger partial charge in [-0.25, -0.2) is 4.98 Å². The van der Waals surface area contributed by atoms with Crippen molar-refractivity contribution in [3.63, 3.8) is 0 Å². The molecule has 0 atom stereocenters. The zero-order valence-corrected chi connectivity index (χ0v) is 14.5. The van der Waals surface area contributed by atoms with Crippen molar-refractivity contribution in [1.82, 2.24) is 15.0 Å². The highest BCUT2D eigenvalue weighted by Gasteiger charge is 2.14. The number of fused-ring (bicyclic) bond motifs is 2. The second kappa shape index (κ2) is 7.88. The SMILES string of the molecule is Cl.Cl.c1ccc(CSc2nc3cc4c(cc3[nH]2)COCO4)nc1. The second-order valence-corrected chi connectivity index (χ2v) is 5.70. The molecule has 0 fully saturated rings. The topological polar surface area (TPSA) is 60.0 Å². The van der Waals surface area contributed by atoms with Gasteiger partial charge in [-0.3, -0.25) is 4.98 Å². The molecule has 1 aromatic carbocycles. The van der Waals surface area contributed by atoms with Crippen molar-refractivity contribution in [3.8, 4) is 5.75 Å². The first kappa shape index (κ1) is 17.9. The van der Waals surface area contributed by atoms with Crippen molar-refractivity contribution in [2.75, 3.05) is 6.79 Å². The lowest BCUT2D eigenvalue weighted by Gasteiger charge is -2.16. The van der Waals surface area contributed by atoms with Crippen LogP contribution in [0.5, 0.6) is 5.75 Å². The maximum absolute atomic E-state index is 5.48. The summed E-state index contributed by atoms with van der Waals surface area (Å²) in [5, 5.41) is 0.888. The predicted molar refractivity (Wildman–Crippen MR) is 94.7 cm³/mol. The Balaban J connectivity index is 0.000000960. The van der Waals surface area contributed by atoms with E-state index in [1.807, 2.05) is 30.3 Å². The number of hydrogen-bond donors (Lipinski definition) is 1. The maximum atomic E-state index is 5.48. The third kappa shape index (κ3) is 3.90. The van der Waals surface area contributed by atoms with E-state index in [1.54, 1.807) is 18.0 Å². The Kier molecular flexibility index (Phi) is 6.12. The smallest absolute Gasteiger partial charge is 0.189 e. The summed E-state index contributed by atoms with van der Waals surface area (Å²) in [6, 6.07) is 9.94. The summed E-state index contributed by atoms with van der Waals surface area (Å²) in [4.78, 5) is 12.2. The lowest BCUT2D eigenvalue weighted by molar-refractivity contribution is -0.0161. The number of aromatic nitrogens is 3. The number of aromatic amines is 1. The van der Waals surface area contributed by atoms with Gasteiger partial charge in [0.1, 0.15) is 5.75 Å². The molecular weight excluding hydrogens is 357 g/mol. The molecule has 3 aromatic rings. The highest BCUT2D eigenvalue weighted by atomic mass is 35.5. The van der Waals surface area contributed by atoms with Crippen molar-refractivity contribution < 1.29 is 9.47 Å². The predicted octanol–water partition coefficient (Wildman–Crippen LogP) is 3.96. The number of H-pyrrole nitrogens is 1. The summed E-state index contributed by atoms with van der Waals surface area (Å²) in [6.45, 7) is 0.894. The number of halogens is 2. The summed E-state index contributed by atoms with van der Waals surface area (Å²) < 4.78 is 10.8. The van der Waals surface area contributed by atoms with Crippen LogP contribution in [0.3, 0.4) is 0 Å². The van der Waals surface area contributed by atoms with Crippen LogP contribution in [0.25, 0.3) is 11.0 Å². The molecule has 0 unspecified atom stereocenters. The maximum Gasteiger partial charge on any atom is 0.189 e. The molecular formula is C15H15Cl2N3O2S. The molecule has 0 amide bonds. The lowest BCUT2D eigenvalue weighted by atomic mass is 10.2. The van der Waals surface area contributed by atoms with Gasteiger partial charge < -0.3 is 14.5 Å². The Labute approximate surface area is 150 Å². The molecule has 0 aliphatic carbocycles. The summed E-state index contributed by atoms with van der Waals surface area (Å²) in [6.07, 6.45) is 1.81. The molecule has 0 bridgehead atoms. The van der Waals surface area contributed by atoms with Crippen LogP contribution in [0.15, 0.2) is 41.7 Å². The molecule has 23 heavy (non-hydrogen) atoms. The summed E-state index contributed by atoms with van der Waals surface area (Å²) in [7, 11) is 0. The number of imidazole rings is 1. The Hall–Kier alpha value is -1.47. The molecule has 5 nitrogen and oxygen atoms in total. The van der Waals surface area contributed by atoms with Crippen LogP contribution in [0.2, 0.25) is 0 Å². The van der Waals surface area contributed by atoms with E-state index in [-0.39, 0.29) is 24.8 Å². The number of benzene rings is 1. The van der Waals surface area contributed by atoms with E-state index in [4.69, 9.17) is 9.47 Å². The molecule has 0 saturated heterocycles. The van der Waals surface area contributed by atoms with Gasteiger partial charge in [-0.2, -0.15) is 0 Å². The minimum atomic E-state index is 0. The first-order valence-corrected chi connectivity index (χ1v) is 7.63. The first-order valence-electron chi connectivity index (χ1n) is 6.64. The van der Waals surface area contributed by atoms with Crippen molar-refractivity contribution in [2.24, 2.45) is 0 Å². The van der Waals surface area contributed by atoms with Crippen LogP contribution in [0, 0.1) is 0 Å². The molecule has 3 heterocycles. The monoisotopic (exact) mass is 371 g/mol. The number of thioether (sulfide) groups is 1. The molecule has 0 spiro atoms. The number of nitrogens with zero attached hydrogens (tertiary/aromatic N) is 2. The van der Waals surface area contributed by atoms with E-state index in [9.17, 15) is 0 Å². The van der Waals surface area contributed by atoms with Gasteiger partial charge in [-0.15, -0.1) is 24.8 Å². The second-order valence-electron chi connectivity index (χ2n) is 4.74. The van der Waals surface area contributed by atoms with Crippen molar-refractivity contribution in [1.29, 1.82) is 0 Å². The quantitative estimate of drug-likeness (QED) is 0.706. The molecule has 1 aliphatic rings. The summed E-state index contributed by atoms with van der Waals surface area (Å²) in [5.74, 6) is 1.65. The van der Waals surface area contributed by atoms with E-state index >= 15 is 0 Å². The van der Waals surface area contributed by atoms with E-state index in [1.165, 1.54) is 0 Å². The highest BCUT2D eigenvalue weighted by Crippen LogP contribution is 2.30. The molecule has 0 radical (unpaired) electrons. The van der Waals surface area contributed by atoms with Crippen molar-refractivity contribution in [2.45, 2.75) is 17.5 Å². The van der Waals surface area contributed by atoms with Crippen LogP contribution in [0.1, 0.15) is 11.3 Å². The fourth-order valence-corrected chi connectivity index (χ4v) is 3.06. The molecule has 1 aliphatic heterocycles. The molecule has 8 heteroatoms. The van der Waals surface area contributed by atoms with Gasteiger partial charge >= 0.3 is 0 Å². The van der Waals surface area contributed by atoms with Gasteiger partial charge in [0.15, 0.2) is 11.9 Å². The van der Waals surface area contributed by atoms with Gasteiger partial charge in [0.05, 0.1) is 23.3 Å². The largest absolute Gasteiger partial charge is 0.467 e. The fraction of sp³-hybridized carbons (Fsp3) is 0.200. The van der Waals surface area contributed by atoms with Gasteiger partial charge in [-0.1, -0.05) is 17.8 Å². The molecule has 122 valence electrons. The van der Waals surface area contributed by atoms with Crippen LogP contribution >= 0.6 is 36.6 Å². The number of rotatable bonds is 3. The van der Waals surface area contributed by atoms with Crippen molar-refractivity contribution in [3.05, 3.63) is 47.8 Å². The van der Waals surface area contributed by atoms with Gasteiger partial charge in [0.2, 0.25) is 0 Å². The Bertz CT molecular complexity index is 740. The lowest BCUT2D eigenvalue weighted by Crippen LogP contribution is -2.10. The number of ether oxygens (including phenoxy) is 2. The third-order valence-electron chi connectivity index (χ3n) is 3.28. The number of hydrogen-bond acceptors (Lipinski definition) is 5. The average molecular weight is 372 g/mol. The number of pyridine rings is 1. The van der Waals surface area contributed by atoms with E-state index in [0.717, 1.165) is 38.9 Å². The van der Waals surface area contributed by atoms with E-state index in [2.05, 4.69) is 15.0 Å². The van der Waals surface area contributed by atoms with E-state index in [0.29, 0.717) is 13.4 Å². The fourth-order valence-electron chi connectivity index (χ4n) is 2.26. The highest BCUT2D eigenvalue weighted by molar-refractivity contribution is 7.98. The van der Waals surface area contributed by atoms with Gasteiger partial charge in [0.25, 0.3) is 0 Å². The van der Waals surface area contributed by atoms with Crippen LogP contribution in [0.4, 0.5) is 0 Å². The standard InChI is InChI=1S/C15H13N3O2S.2ClH/c1-2-4-16-11(3-1)8-21-15-17-12-5-10-7-19-9-20-14(10)6-13(12)18-15;;/h1-6H,7-9H2,(H,17,18);2*1H. The van der Waals surface area contributed by atoms with Gasteiger partial charge in [-0.05, 0) is 18.2 Å². The molecule has 0 saturated carbocycles. The van der Waals surface area contributed by atoms with E-state index < -0.39 is 0 Å². The average Bonchev–Trinajstić information content (AvgIpc) is 2.93. The zero-order chi connectivity index (χ0) is 14.1. The summed E-state index contributed by atoms with van der Waals surface area (Å²) >= 11 is 1.64. The normalized spacial score (nSPS) is 12.7. The minimum Gasteiger partial charge on any atom is -0.467 e. The number of nitrogens with one attached hydrogen (secondary N) is 1. The zero-order valence-electron chi connectivity index (χ0n) is 12.0. The molecule has 4 rings (SSSR count). The van der Waals surface area contributed by atoms with Crippen molar-refractivity contribution >= 4 is 47.6 Å². The van der Waals surface area contributed by atoms with Crippen LogP contribution in [-0.2, 0) is 17.1 Å². The van der Waals surface area contributed by atoms with Gasteiger partial charge in [0, 0.05) is 23.6 Å². The third-order valence-corrected chi connectivity index (χ3v) is 4.19.